The first-order valence-electron chi connectivity index (χ1n) is 6.84. The summed E-state index contributed by atoms with van der Waals surface area (Å²) in [6.45, 7) is 8.21. The van der Waals surface area contributed by atoms with Crippen LogP contribution in [0, 0.1) is 6.92 Å². The standard InChI is InChI=1S/C12H18N6O3/c1-5-9-10(8(4)13-21-9)17-12(20)18(15-14-17)11(19)16(6-2)7-3/h5-7H2,1-4H3. The van der Waals surface area contributed by atoms with Gasteiger partial charge in [0, 0.05) is 19.5 Å². The molecular formula is C12H18N6O3. The van der Waals surface area contributed by atoms with Gasteiger partial charge in [-0.05, 0) is 31.2 Å². The van der Waals surface area contributed by atoms with E-state index < -0.39 is 11.7 Å². The average Bonchev–Trinajstić information content (AvgIpc) is 3.02. The maximum atomic E-state index is 12.3. The lowest BCUT2D eigenvalue weighted by Gasteiger charge is -2.16. The third-order valence-electron chi connectivity index (χ3n) is 3.23. The second kappa shape index (κ2) is 5.90. The van der Waals surface area contributed by atoms with Crippen molar-refractivity contribution < 1.29 is 9.32 Å². The van der Waals surface area contributed by atoms with Crippen molar-refractivity contribution >= 4 is 6.03 Å². The van der Waals surface area contributed by atoms with E-state index in [1.807, 2.05) is 20.8 Å². The Labute approximate surface area is 121 Å². The Morgan fingerprint density at radius 2 is 1.90 bits per heavy atom. The first kappa shape index (κ1) is 14.9. The van der Waals surface area contributed by atoms with E-state index in [4.69, 9.17) is 4.52 Å². The molecule has 1 amide bonds. The summed E-state index contributed by atoms with van der Waals surface area (Å²) in [5.74, 6) is 0.525. The second-order valence-corrected chi connectivity index (χ2v) is 4.43. The summed E-state index contributed by atoms with van der Waals surface area (Å²) >= 11 is 0. The number of aryl methyl sites for hydroxylation is 2. The largest absolute Gasteiger partial charge is 0.377 e. The fourth-order valence-electron chi connectivity index (χ4n) is 2.05. The van der Waals surface area contributed by atoms with Gasteiger partial charge in [-0.3, -0.25) is 0 Å². The highest BCUT2D eigenvalue weighted by Crippen LogP contribution is 2.16. The van der Waals surface area contributed by atoms with Gasteiger partial charge in [0.2, 0.25) is 0 Å². The number of nitrogens with zero attached hydrogens (tertiary/aromatic N) is 6. The van der Waals surface area contributed by atoms with Gasteiger partial charge in [-0.1, -0.05) is 12.1 Å². The SMILES string of the molecule is CCc1onc(C)c1-n1nnn(C(=O)N(CC)CC)c1=O. The van der Waals surface area contributed by atoms with E-state index in [1.165, 1.54) is 4.90 Å². The van der Waals surface area contributed by atoms with Crippen molar-refractivity contribution in [2.45, 2.75) is 34.1 Å². The van der Waals surface area contributed by atoms with Crippen LogP contribution in [-0.4, -0.2) is 49.0 Å². The molecule has 0 spiro atoms. The van der Waals surface area contributed by atoms with Crippen LogP contribution in [0.2, 0.25) is 0 Å². The molecule has 0 atom stereocenters. The van der Waals surface area contributed by atoms with E-state index in [9.17, 15) is 9.59 Å². The van der Waals surface area contributed by atoms with Gasteiger partial charge in [0.15, 0.2) is 5.76 Å². The molecule has 0 bridgehead atoms. The van der Waals surface area contributed by atoms with Crippen LogP contribution in [-0.2, 0) is 6.42 Å². The number of tetrazole rings is 1. The van der Waals surface area contributed by atoms with E-state index in [0.717, 1.165) is 9.36 Å². The molecule has 2 aromatic heterocycles. The van der Waals surface area contributed by atoms with Crippen LogP contribution in [0.5, 0.6) is 0 Å². The fraction of sp³-hybridized carbons (Fsp3) is 0.583. The zero-order chi connectivity index (χ0) is 15.6. The van der Waals surface area contributed by atoms with Crippen LogP contribution in [0.4, 0.5) is 4.79 Å². The molecule has 9 nitrogen and oxygen atoms in total. The van der Waals surface area contributed by atoms with Crippen LogP contribution in [0.15, 0.2) is 9.32 Å². The molecule has 0 radical (unpaired) electrons. The molecule has 0 unspecified atom stereocenters. The van der Waals surface area contributed by atoms with Gasteiger partial charge in [-0.2, -0.15) is 4.68 Å². The Morgan fingerprint density at radius 1 is 1.24 bits per heavy atom. The maximum Gasteiger partial charge on any atom is 0.377 e. The van der Waals surface area contributed by atoms with Crippen LogP contribution in [0.1, 0.15) is 32.2 Å². The molecule has 0 saturated heterocycles. The molecule has 0 aromatic carbocycles. The molecule has 0 aliphatic heterocycles. The molecule has 0 fully saturated rings. The van der Waals surface area contributed by atoms with Crippen molar-refractivity contribution in [3.8, 4) is 5.69 Å². The summed E-state index contributed by atoms with van der Waals surface area (Å²) in [4.78, 5) is 26.0. The highest BCUT2D eigenvalue weighted by Gasteiger charge is 2.23. The van der Waals surface area contributed by atoms with Gasteiger partial charge in [-0.15, -0.1) is 4.68 Å². The van der Waals surface area contributed by atoms with E-state index in [0.29, 0.717) is 36.7 Å². The molecule has 2 heterocycles. The van der Waals surface area contributed by atoms with Crippen molar-refractivity contribution in [3.63, 3.8) is 0 Å². The summed E-state index contributed by atoms with van der Waals surface area (Å²) in [6, 6.07) is -0.497. The molecule has 21 heavy (non-hydrogen) atoms. The number of hydrogen-bond acceptors (Lipinski definition) is 6. The summed E-state index contributed by atoms with van der Waals surface area (Å²) < 4.78 is 6.93. The second-order valence-electron chi connectivity index (χ2n) is 4.43. The zero-order valence-electron chi connectivity index (χ0n) is 12.5. The minimum Gasteiger partial charge on any atom is -0.359 e. The Hall–Kier alpha value is -2.45. The third-order valence-corrected chi connectivity index (χ3v) is 3.23. The topological polar surface area (TPSA) is 99.1 Å². The Bertz CT molecular complexity index is 694. The van der Waals surface area contributed by atoms with Crippen LogP contribution < -0.4 is 5.69 Å². The molecule has 9 heteroatoms. The molecule has 0 saturated carbocycles. The predicted molar refractivity (Wildman–Crippen MR) is 73.5 cm³/mol. The van der Waals surface area contributed by atoms with E-state index in [1.54, 1.807) is 6.92 Å². The third kappa shape index (κ3) is 2.46. The minimum absolute atomic E-state index is 0.445. The molecule has 114 valence electrons. The van der Waals surface area contributed by atoms with Crippen LogP contribution in [0.3, 0.4) is 0 Å². The van der Waals surface area contributed by atoms with Crippen molar-refractivity contribution in [1.82, 2.24) is 29.8 Å². The number of hydrogen-bond donors (Lipinski definition) is 0. The van der Waals surface area contributed by atoms with Gasteiger partial charge in [0.1, 0.15) is 11.4 Å². The minimum atomic E-state index is -0.632. The van der Waals surface area contributed by atoms with Crippen molar-refractivity contribution in [2.75, 3.05) is 13.1 Å². The number of aromatic nitrogens is 5. The number of rotatable bonds is 4. The van der Waals surface area contributed by atoms with Crippen LogP contribution >= 0.6 is 0 Å². The van der Waals surface area contributed by atoms with Gasteiger partial charge >= 0.3 is 11.7 Å². The Morgan fingerprint density at radius 3 is 2.48 bits per heavy atom. The quantitative estimate of drug-likeness (QED) is 0.765. The smallest absolute Gasteiger partial charge is 0.359 e. The molecular weight excluding hydrogens is 276 g/mol. The molecule has 2 aromatic rings. The summed E-state index contributed by atoms with van der Waals surface area (Å²) in [5.41, 5.74) is 0.338. The zero-order valence-corrected chi connectivity index (χ0v) is 12.5. The van der Waals surface area contributed by atoms with Gasteiger partial charge in [0.05, 0.1) is 0 Å². The van der Waals surface area contributed by atoms with E-state index in [-0.39, 0.29) is 0 Å². The summed E-state index contributed by atoms with van der Waals surface area (Å²) in [6.07, 6.45) is 0.555. The number of carbonyl (C=O) groups is 1. The fourth-order valence-corrected chi connectivity index (χ4v) is 2.05. The first-order chi connectivity index (χ1) is 10.0. The lowest BCUT2D eigenvalue weighted by Crippen LogP contribution is -2.40. The van der Waals surface area contributed by atoms with Gasteiger partial charge in [-0.25, -0.2) is 9.59 Å². The first-order valence-corrected chi connectivity index (χ1v) is 6.84. The molecule has 0 aliphatic rings. The van der Waals surface area contributed by atoms with Gasteiger partial charge in [0.25, 0.3) is 0 Å². The lowest BCUT2D eigenvalue weighted by atomic mass is 10.2. The van der Waals surface area contributed by atoms with Crippen molar-refractivity contribution in [2.24, 2.45) is 0 Å². The summed E-state index contributed by atoms with van der Waals surface area (Å²) in [5, 5.41) is 11.3. The Kier molecular flexibility index (Phi) is 4.20. The van der Waals surface area contributed by atoms with Crippen molar-refractivity contribution in [3.05, 3.63) is 21.9 Å². The molecule has 0 aliphatic carbocycles. The molecule has 2 rings (SSSR count). The number of carbonyl (C=O) groups excluding carboxylic acids is 1. The maximum absolute atomic E-state index is 12.3. The van der Waals surface area contributed by atoms with Gasteiger partial charge < -0.3 is 9.42 Å². The monoisotopic (exact) mass is 294 g/mol. The van der Waals surface area contributed by atoms with E-state index in [2.05, 4.69) is 15.6 Å². The van der Waals surface area contributed by atoms with Crippen molar-refractivity contribution in [1.29, 1.82) is 0 Å². The molecule has 0 N–H and O–H groups in total. The highest BCUT2D eigenvalue weighted by atomic mass is 16.5. The highest BCUT2D eigenvalue weighted by molar-refractivity contribution is 5.75. The Balaban J connectivity index is 2.49. The predicted octanol–water partition coefficient (Wildman–Crippen LogP) is 0.598. The summed E-state index contributed by atoms with van der Waals surface area (Å²) in [7, 11) is 0. The normalized spacial score (nSPS) is 10.9. The average molecular weight is 294 g/mol. The lowest BCUT2D eigenvalue weighted by molar-refractivity contribution is 0.200. The number of amides is 1. The van der Waals surface area contributed by atoms with E-state index >= 15 is 0 Å². The van der Waals surface area contributed by atoms with Crippen LogP contribution in [0.25, 0.3) is 5.69 Å².